The van der Waals surface area contributed by atoms with E-state index in [4.69, 9.17) is 0 Å². The van der Waals surface area contributed by atoms with Crippen LogP contribution in [0.5, 0.6) is 0 Å². The normalized spacial score (nSPS) is 22.4. The second-order valence-electron chi connectivity index (χ2n) is 5.94. The van der Waals surface area contributed by atoms with Crippen LogP contribution in [0.3, 0.4) is 0 Å². The third kappa shape index (κ3) is 3.39. The van der Waals surface area contributed by atoms with Gasteiger partial charge in [0.1, 0.15) is 5.54 Å². The largest absolute Gasteiger partial charge is 0.300 e. The smallest absolute Gasteiger partial charge is 0.145 e. The molecule has 0 spiro atoms. The van der Waals surface area contributed by atoms with Gasteiger partial charge in [-0.25, -0.2) is 0 Å². The van der Waals surface area contributed by atoms with Crippen molar-refractivity contribution in [3.8, 4) is 6.07 Å². The summed E-state index contributed by atoms with van der Waals surface area (Å²) in [5.74, 6) is 0.744. The number of nitrogens with one attached hydrogen (secondary N) is 1. The fourth-order valence-electron chi connectivity index (χ4n) is 2.96. The van der Waals surface area contributed by atoms with Gasteiger partial charge in [-0.2, -0.15) is 5.26 Å². The summed E-state index contributed by atoms with van der Waals surface area (Å²) >= 11 is 0. The van der Waals surface area contributed by atoms with Crippen molar-refractivity contribution in [2.24, 2.45) is 5.92 Å². The van der Waals surface area contributed by atoms with E-state index in [9.17, 15) is 5.26 Å². The van der Waals surface area contributed by atoms with Crippen LogP contribution in [0.4, 0.5) is 0 Å². The van der Waals surface area contributed by atoms with E-state index in [2.05, 4.69) is 42.3 Å². The minimum absolute atomic E-state index is 0.582. The summed E-state index contributed by atoms with van der Waals surface area (Å²) in [7, 11) is 0. The molecule has 2 rings (SSSR count). The first kappa shape index (κ1) is 15.0. The highest BCUT2D eigenvalue weighted by atomic mass is 15.2. The molecule has 3 heteroatoms. The first-order chi connectivity index (χ1) is 9.70. The van der Waals surface area contributed by atoms with E-state index >= 15 is 0 Å². The molecule has 0 aliphatic carbocycles. The van der Waals surface area contributed by atoms with Crippen LogP contribution in [0, 0.1) is 17.2 Å². The first-order valence-electron chi connectivity index (χ1n) is 7.64. The van der Waals surface area contributed by atoms with Crippen LogP contribution in [0.1, 0.15) is 32.3 Å². The van der Waals surface area contributed by atoms with E-state index < -0.39 is 5.54 Å². The van der Waals surface area contributed by atoms with Crippen LogP contribution in [-0.4, -0.2) is 31.1 Å². The van der Waals surface area contributed by atoms with E-state index in [0.29, 0.717) is 0 Å². The molecule has 1 saturated heterocycles. The predicted octanol–water partition coefficient (Wildman–Crippen LogP) is 2.75. The molecule has 1 heterocycles. The SMILES string of the molecule is CCCNC(C#N)(CN1CCC(C)C1)c1ccccc1. The highest BCUT2D eigenvalue weighted by Crippen LogP contribution is 2.25. The molecule has 0 saturated carbocycles. The Morgan fingerprint density at radius 2 is 2.15 bits per heavy atom. The summed E-state index contributed by atoms with van der Waals surface area (Å²) in [6.45, 7) is 8.27. The Hall–Kier alpha value is -1.37. The maximum atomic E-state index is 9.84. The molecule has 0 aromatic heterocycles. The van der Waals surface area contributed by atoms with Gasteiger partial charge in [0, 0.05) is 13.1 Å². The zero-order valence-electron chi connectivity index (χ0n) is 12.6. The molecular weight excluding hydrogens is 246 g/mol. The van der Waals surface area contributed by atoms with Crippen LogP contribution >= 0.6 is 0 Å². The van der Waals surface area contributed by atoms with Crippen LogP contribution in [0.25, 0.3) is 0 Å². The van der Waals surface area contributed by atoms with E-state index in [1.807, 2.05) is 18.2 Å². The van der Waals surface area contributed by atoms with Gasteiger partial charge in [-0.1, -0.05) is 44.2 Å². The summed E-state index contributed by atoms with van der Waals surface area (Å²) in [4.78, 5) is 2.42. The molecule has 1 N–H and O–H groups in total. The predicted molar refractivity (Wildman–Crippen MR) is 82.2 cm³/mol. The lowest BCUT2D eigenvalue weighted by Crippen LogP contribution is -2.50. The molecule has 108 valence electrons. The van der Waals surface area contributed by atoms with Crippen LogP contribution < -0.4 is 5.32 Å². The van der Waals surface area contributed by atoms with Gasteiger partial charge >= 0.3 is 0 Å². The van der Waals surface area contributed by atoms with Crippen molar-refractivity contribution in [2.75, 3.05) is 26.2 Å². The van der Waals surface area contributed by atoms with Crippen molar-refractivity contribution in [3.63, 3.8) is 0 Å². The molecule has 1 aliphatic heterocycles. The summed E-state index contributed by atoms with van der Waals surface area (Å²) in [5, 5.41) is 13.3. The van der Waals surface area contributed by atoms with Crippen LogP contribution in [-0.2, 0) is 5.54 Å². The number of likely N-dealkylation sites (tertiary alicyclic amines) is 1. The lowest BCUT2D eigenvalue weighted by Gasteiger charge is -2.32. The number of hydrogen-bond acceptors (Lipinski definition) is 3. The van der Waals surface area contributed by atoms with Gasteiger partial charge in [-0.05, 0) is 37.4 Å². The summed E-state index contributed by atoms with van der Waals surface area (Å²) < 4.78 is 0. The zero-order chi connectivity index (χ0) is 14.4. The standard InChI is InChI=1S/C17H25N3/c1-3-10-19-17(13-18,16-7-5-4-6-8-16)14-20-11-9-15(2)12-20/h4-8,15,19H,3,9-12,14H2,1-2H3. The Bertz CT molecular complexity index is 451. The molecule has 0 bridgehead atoms. The Morgan fingerprint density at radius 1 is 1.40 bits per heavy atom. The van der Waals surface area contributed by atoms with E-state index in [1.54, 1.807) is 0 Å². The number of hydrogen-bond donors (Lipinski definition) is 1. The molecule has 0 radical (unpaired) electrons. The molecule has 20 heavy (non-hydrogen) atoms. The lowest BCUT2D eigenvalue weighted by molar-refractivity contribution is 0.244. The minimum atomic E-state index is -0.582. The lowest BCUT2D eigenvalue weighted by atomic mass is 9.90. The fraction of sp³-hybridized carbons (Fsp3) is 0.588. The maximum Gasteiger partial charge on any atom is 0.145 e. The van der Waals surface area contributed by atoms with Gasteiger partial charge < -0.3 is 0 Å². The van der Waals surface area contributed by atoms with Crippen LogP contribution in [0.15, 0.2) is 30.3 Å². The van der Waals surface area contributed by atoms with Crippen LogP contribution in [0.2, 0.25) is 0 Å². The topological polar surface area (TPSA) is 39.1 Å². The Balaban J connectivity index is 2.21. The van der Waals surface area contributed by atoms with Crippen molar-refractivity contribution < 1.29 is 0 Å². The monoisotopic (exact) mass is 271 g/mol. The fourth-order valence-corrected chi connectivity index (χ4v) is 2.96. The second kappa shape index (κ2) is 6.88. The number of nitrogens with zero attached hydrogens (tertiary/aromatic N) is 2. The Labute approximate surface area is 122 Å². The maximum absolute atomic E-state index is 9.84. The third-order valence-electron chi connectivity index (χ3n) is 4.10. The third-order valence-corrected chi connectivity index (χ3v) is 4.10. The second-order valence-corrected chi connectivity index (χ2v) is 5.94. The van der Waals surface area contributed by atoms with E-state index in [-0.39, 0.29) is 0 Å². The Kier molecular flexibility index (Phi) is 5.17. The summed E-state index contributed by atoms with van der Waals surface area (Å²) in [6.07, 6.45) is 2.27. The highest BCUT2D eigenvalue weighted by Gasteiger charge is 2.35. The molecular formula is C17H25N3. The van der Waals surface area contributed by atoms with Crippen molar-refractivity contribution >= 4 is 0 Å². The van der Waals surface area contributed by atoms with Gasteiger partial charge in [0.25, 0.3) is 0 Å². The quantitative estimate of drug-likeness (QED) is 0.864. The van der Waals surface area contributed by atoms with Crippen molar-refractivity contribution in [1.29, 1.82) is 5.26 Å². The Morgan fingerprint density at radius 3 is 2.70 bits per heavy atom. The molecule has 1 fully saturated rings. The number of benzene rings is 1. The summed E-state index contributed by atoms with van der Waals surface area (Å²) in [6, 6.07) is 12.7. The van der Waals surface area contributed by atoms with Crippen molar-refractivity contribution in [1.82, 2.24) is 10.2 Å². The van der Waals surface area contributed by atoms with E-state index in [1.165, 1.54) is 6.42 Å². The van der Waals surface area contributed by atoms with Gasteiger partial charge in [0.05, 0.1) is 6.07 Å². The average Bonchev–Trinajstić information content (AvgIpc) is 2.89. The molecule has 1 aromatic carbocycles. The van der Waals surface area contributed by atoms with Gasteiger partial charge in [-0.3, -0.25) is 10.2 Å². The van der Waals surface area contributed by atoms with Gasteiger partial charge in [0.15, 0.2) is 0 Å². The molecule has 1 aromatic rings. The van der Waals surface area contributed by atoms with Crippen molar-refractivity contribution in [3.05, 3.63) is 35.9 Å². The van der Waals surface area contributed by atoms with Gasteiger partial charge in [-0.15, -0.1) is 0 Å². The van der Waals surface area contributed by atoms with E-state index in [0.717, 1.165) is 44.1 Å². The molecule has 0 amide bonds. The highest BCUT2D eigenvalue weighted by molar-refractivity contribution is 5.32. The molecule has 1 aliphatic rings. The minimum Gasteiger partial charge on any atom is -0.300 e. The number of nitriles is 1. The first-order valence-corrected chi connectivity index (χ1v) is 7.64. The zero-order valence-corrected chi connectivity index (χ0v) is 12.6. The summed E-state index contributed by atoms with van der Waals surface area (Å²) in [5.41, 5.74) is 0.497. The molecule has 2 atom stereocenters. The molecule has 3 nitrogen and oxygen atoms in total. The van der Waals surface area contributed by atoms with Crippen molar-refractivity contribution in [2.45, 2.75) is 32.2 Å². The average molecular weight is 271 g/mol. The number of rotatable bonds is 6. The van der Waals surface area contributed by atoms with Gasteiger partial charge in [0.2, 0.25) is 0 Å². The molecule has 2 unspecified atom stereocenters.